The fourth-order valence-corrected chi connectivity index (χ4v) is 2.65. The molecular weight excluding hydrogens is 148 g/mol. The van der Waals surface area contributed by atoms with Gasteiger partial charge in [0.25, 0.3) is 0 Å². The van der Waals surface area contributed by atoms with E-state index in [9.17, 15) is 0 Å². The first-order valence-corrected chi connectivity index (χ1v) is 4.85. The van der Waals surface area contributed by atoms with Crippen molar-refractivity contribution in [3.05, 3.63) is 23.5 Å². The molecule has 1 saturated heterocycles. The molecule has 3 rings (SSSR count). The molecule has 12 heavy (non-hydrogen) atoms. The van der Waals surface area contributed by atoms with Crippen molar-refractivity contribution in [1.82, 2.24) is 9.88 Å². The zero-order valence-corrected chi connectivity index (χ0v) is 7.21. The number of hydrogen-bond acceptors (Lipinski definition) is 1. The van der Waals surface area contributed by atoms with Gasteiger partial charge in [0.15, 0.2) is 0 Å². The number of nitrogens with zero attached hydrogens (tertiary/aromatic N) is 1. The molecule has 1 aromatic rings. The first-order chi connectivity index (χ1) is 5.95. The molecule has 0 bridgehead atoms. The van der Waals surface area contributed by atoms with Crippen LogP contribution in [0.3, 0.4) is 0 Å². The van der Waals surface area contributed by atoms with Gasteiger partial charge in [-0.2, -0.15) is 0 Å². The number of H-pyrrole nitrogens is 1. The number of nitrogens with one attached hydrogen (secondary N) is 1. The maximum atomic E-state index is 3.34. The van der Waals surface area contributed by atoms with Gasteiger partial charge in [-0.1, -0.05) is 0 Å². The molecule has 1 atom stereocenters. The summed E-state index contributed by atoms with van der Waals surface area (Å²) in [4.78, 5) is 5.96. The Morgan fingerprint density at radius 2 is 2.42 bits per heavy atom. The van der Waals surface area contributed by atoms with Crippen LogP contribution in [0.25, 0.3) is 0 Å². The van der Waals surface area contributed by atoms with E-state index in [2.05, 4.69) is 22.1 Å². The van der Waals surface area contributed by atoms with Crippen LogP contribution < -0.4 is 0 Å². The molecule has 3 heterocycles. The predicted molar refractivity (Wildman–Crippen MR) is 48.0 cm³/mol. The number of hydrogen-bond donors (Lipinski definition) is 1. The topological polar surface area (TPSA) is 19.0 Å². The lowest BCUT2D eigenvalue weighted by Gasteiger charge is -2.29. The van der Waals surface area contributed by atoms with Crippen LogP contribution in [0.4, 0.5) is 0 Å². The Morgan fingerprint density at radius 1 is 1.42 bits per heavy atom. The van der Waals surface area contributed by atoms with E-state index in [0.717, 1.165) is 6.04 Å². The second-order valence-corrected chi connectivity index (χ2v) is 3.86. The van der Waals surface area contributed by atoms with E-state index in [1.54, 1.807) is 5.56 Å². The van der Waals surface area contributed by atoms with Crippen LogP contribution >= 0.6 is 0 Å². The normalized spacial score (nSPS) is 28.5. The highest BCUT2D eigenvalue weighted by Gasteiger charge is 2.31. The van der Waals surface area contributed by atoms with Gasteiger partial charge in [-0.05, 0) is 31.0 Å². The summed E-state index contributed by atoms with van der Waals surface area (Å²) in [7, 11) is 0. The molecule has 0 amide bonds. The molecular formula is C10H14N2. The molecule has 1 unspecified atom stereocenters. The molecule has 1 aromatic heterocycles. The van der Waals surface area contributed by atoms with Crippen LogP contribution in [-0.4, -0.2) is 23.0 Å². The van der Waals surface area contributed by atoms with Gasteiger partial charge in [-0.3, -0.25) is 4.90 Å². The zero-order chi connectivity index (χ0) is 7.97. The van der Waals surface area contributed by atoms with Gasteiger partial charge in [0.2, 0.25) is 0 Å². The third kappa shape index (κ3) is 0.787. The average molecular weight is 162 g/mol. The smallest absolute Gasteiger partial charge is 0.0366 e. The zero-order valence-electron chi connectivity index (χ0n) is 7.21. The fourth-order valence-electron chi connectivity index (χ4n) is 2.65. The summed E-state index contributed by atoms with van der Waals surface area (Å²) >= 11 is 0. The van der Waals surface area contributed by atoms with Crippen molar-refractivity contribution in [1.29, 1.82) is 0 Å². The number of fused-ring (bicyclic) bond motifs is 3. The van der Waals surface area contributed by atoms with Gasteiger partial charge in [-0.15, -0.1) is 0 Å². The standard InChI is InChI=1S/C10H14N2/c1-2-10-8-3-5-11-9(8)4-7-12(10)6-1/h3,5,10-11H,1-2,4,6-7H2. The summed E-state index contributed by atoms with van der Waals surface area (Å²) in [5.74, 6) is 0. The van der Waals surface area contributed by atoms with Crippen molar-refractivity contribution in [2.24, 2.45) is 0 Å². The van der Waals surface area contributed by atoms with Gasteiger partial charge < -0.3 is 4.98 Å². The van der Waals surface area contributed by atoms with Gasteiger partial charge in [-0.25, -0.2) is 0 Å². The van der Waals surface area contributed by atoms with Crippen molar-refractivity contribution in [3.8, 4) is 0 Å². The van der Waals surface area contributed by atoms with Crippen LogP contribution in [0.5, 0.6) is 0 Å². The number of rotatable bonds is 0. The molecule has 0 aliphatic carbocycles. The quantitative estimate of drug-likeness (QED) is 0.615. The monoisotopic (exact) mass is 162 g/mol. The van der Waals surface area contributed by atoms with Gasteiger partial charge in [0, 0.05) is 30.9 Å². The predicted octanol–water partition coefficient (Wildman–Crippen LogP) is 1.71. The third-order valence-corrected chi connectivity index (χ3v) is 3.24. The van der Waals surface area contributed by atoms with E-state index in [0.29, 0.717) is 0 Å². The summed E-state index contributed by atoms with van der Waals surface area (Å²) in [6, 6.07) is 3.01. The van der Waals surface area contributed by atoms with Gasteiger partial charge in [0.05, 0.1) is 0 Å². The largest absolute Gasteiger partial charge is 0.365 e. The van der Waals surface area contributed by atoms with Crippen LogP contribution in [0.1, 0.15) is 30.1 Å². The number of aromatic nitrogens is 1. The summed E-state index contributed by atoms with van der Waals surface area (Å²) in [6.07, 6.45) is 6.06. The highest BCUT2D eigenvalue weighted by molar-refractivity contribution is 5.28. The van der Waals surface area contributed by atoms with Crippen LogP contribution in [0, 0.1) is 0 Å². The Morgan fingerprint density at radius 3 is 3.42 bits per heavy atom. The molecule has 2 aliphatic heterocycles. The van der Waals surface area contributed by atoms with Gasteiger partial charge >= 0.3 is 0 Å². The SMILES string of the molecule is c1cc2c([nH]1)CCN1CCCC21. The van der Waals surface area contributed by atoms with Gasteiger partial charge in [0.1, 0.15) is 0 Å². The van der Waals surface area contributed by atoms with Crippen LogP contribution in [0.15, 0.2) is 12.3 Å². The Hall–Kier alpha value is -0.760. The van der Waals surface area contributed by atoms with Crippen LogP contribution in [-0.2, 0) is 6.42 Å². The minimum absolute atomic E-state index is 0.750. The van der Waals surface area contributed by atoms with Crippen molar-refractivity contribution in [2.75, 3.05) is 13.1 Å². The lowest BCUT2D eigenvalue weighted by atomic mass is 10.00. The summed E-state index contributed by atoms with van der Waals surface area (Å²) < 4.78 is 0. The van der Waals surface area contributed by atoms with E-state index in [1.807, 2.05) is 0 Å². The molecule has 2 heteroatoms. The third-order valence-electron chi connectivity index (χ3n) is 3.24. The Balaban J connectivity index is 2.04. The highest BCUT2D eigenvalue weighted by atomic mass is 15.2. The minimum atomic E-state index is 0.750. The lowest BCUT2D eigenvalue weighted by Crippen LogP contribution is -2.30. The lowest BCUT2D eigenvalue weighted by molar-refractivity contribution is 0.243. The number of aromatic amines is 1. The Kier molecular flexibility index (Phi) is 1.32. The fraction of sp³-hybridized carbons (Fsp3) is 0.600. The molecule has 1 N–H and O–H groups in total. The molecule has 0 spiro atoms. The summed E-state index contributed by atoms with van der Waals surface area (Å²) in [5, 5.41) is 0. The first-order valence-electron chi connectivity index (χ1n) is 4.85. The van der Waals surface area contributed by atoms with Crippen molar-refractivity contribution in [2.45, 2.75) is 25.3 Å². The molecule has 0 radical (unpaired) electrons. The van der Waals surface area contributed by atoms with Crippen molar-refractivity contribution in [3.63, 3.8) is 0 Å². The first kappa shape index (κ1) is 6.72. The molecule has 64 valence electrons. The van der Waals surface area contributed by atoms with Crippen molar-refractivity contribution < 1.29 is 0 Å². The molecule has 2 aliphatic rings. The molecule has 0 aromatic carbocycles. The molecule has 1 fully saturated rings. The maximum Gasteiger partial charge on any atom is 0.0366 e. The van der Waals surface area contributed by atoms with E-state index >= 15 is 0 Å². The van der Waals surface area contributed by atoms with E-state index in [-0.39, 0.29) is 0 Å². The second kappa shape index (κ2) is 2.36. The Labute approximate surface area is 72.6 Å². The van der Waals surface area contributed by atoms with E-state index in [1.165, 1.54) is 38.0 Å². The second-order valence-electron chi connectivity index (χ2n) is 3.86. The minimum Gasteiger partial charge on any atom is -0.365 e. The molecule has 0 saturated carbocycles. The highest BCUT2D eigenvalue weighted by Crippen LogP contribution is 2.36. The molecule has 2 nitrogen and oxygen atoms in total. The van der Waals surface area contributed by atoms with Crippen LogP contribution in [0.2, 0.25) is 0 Å². The summed E-state index contributed by atoms with van der Waals surface area (Å²) in [5.41, 5.74) is 3.05. The van der Waals surface area contributed by atoms with E-state index in [4.69, 9.17) is 0 Å². The van der Waals surface area contributed by atoms with Crippen molar-refractivity contribution >= 4 is 0 Å². The summed E-state index contributed by atoms with van der Waals surface area (Å²) in [6.45, 7) is 2.58. The Bertz CT molecular complexity index is 290. The maximum absolute atomic E-state index is 3.34. The van der Waals surface area contributed by atoms with E-state index < -0.39 is 0 Å². The average Bonchev–Trinajstić information content (AvgIpc) is 2.71.